The lowest BCUT2D eigenvalue weighted by atomic mass is 9.76. The van der Waals surface area contributed by atoms with E-state index in [2.05, 4.69) is 23.7 Å². The van der Waals surface area contributed by atoms with Crippen LogP contribution in [0.1, 0.15) is 41.9 Å². The zero-order chi connectivity index (χ0) is 19.6. The van der Waals surface area contributed by atoms with Crippen LogP contribution in [0.2, 0.25) is 0 Å². The number of sulfonamides is 1. The normalized spacial score (nSPS) is 21.6. The number of piperazine rings is 1. The predicted molar refractivity (Wildman–Crippen MR) is 106 cm³/mol. The number of carbonyl (C=O) groups is 1. The molecule has 1 aliphatic carbocycles. The summed E-state index contributed by atoms with van der Waals surface area (Å²) in [6.45, 7) is 8.48. The second-order valence-corrected chi connectivity index (χ2v) is 10.7. The number of rotatable bonds is 2. The number of H-pyrrole nitrogens is 1. The van der Waals surface area contributed by atoms with Crippen LogP contribution in [0.25, 0.3) is 10.9 Å². The molecule has 0 spiro atoms. The molecule has 7 heteroatoms. The molecule has 0 atom stereocenters. The number of aromatic amines is 1. The molecule has 1 aromatic heterocycles. The fourth-order valence-corrected chi connectivity index (χ4v) is 6.00. The second-order valence-electron chi connectivity index (χ2n) is 8.79. The van der Waals surface area contributed by atoms with Gasteiger partial charge in [0.2, 0.25) is 10.0 Å². The predicted octanol–water partition coefficient (Wildman–Crippen LogP) is 2.57. The Kier molecular flexibility index (Phi) is 4.25. The van der Waals surface area contributed by atoms with E-state index in [1.165, 1.54) is 0 Å². The molecule has 27 heavy (non-hydrogen) atoms. The van der Waals surface area contributed by atoms with E-state index >= 15 is 0 Å². The summed E-state index contributed by atoms with van der Waals surface area (Å²) >= 11 is 0. The topological polar surface area (TPSA) is 73.5 Å². The average molecular weight is 390 g/mol. The first-order valence-electron chi connectivity index (χ1n) is 9.46. The number of carbonyl (C=O) groups excluding carboxylic acids is 1. The number of aryl methyl sites for hydroxylation is 1. The Morgan fingerprint density at radius 3 is 2.41 bits per heavy atom. The highest BCUT2D eigenvalue weighted by Gasteiger charge is 2.35. The Bertz CT molecular complexity index is 1030. The molecule has 1 aliphatic heterocycles. The van der Waals surface area contributed by atoms with Gasteiger partial charge in [0, 0.05) is 54.8 Å². The maximum absolute atomic E-state index is 13.2. The van der Waals surface area contributed by atoms with Crippen LogP contribution in [-0.2, 0) is 16.4 Å². The van der Waals surface area contributed by atoms with Crippen molar-refractivity contribution in [1.82, 2.24) is 14.2 Å². The molecular formula is C20H27N3O3S. The fourth-order valence-electron chi connectivity index (χ4n) is 4.35. The molecule has 2 heterocycles. The van der Waals surface area contributed by atoms with Crippen molar-refractivity contribution in [2.45, 2.75) is 38.5 Å². The van der Waals surface area contributed by atoms with Crippen LogP contribution in [0.5, 0.6) is 0 Å². The summed E-state index contributed by atoms with van der Waals surface area (Å²) in [4.78, 5) is 18.5. The van der Waals surface area contributed by atoms with Gasteiger partial charge in [0.25, 0.3) is 0 Å². The molecule has 0 amide bonds. The van der Waals surface area contributed by atoms with Gasteiger partial charge in [-0.3, -0.25) is 4.79 Å². The van der Waals surface area contributed by atoms with Gasteiger partial charge in [-0.1, -0.05) is 13.8 Å². The van der Waals surface area contributed by atoms with Crippen LogP contribution >= 0.6 is 0 Å². The monoisotopic (exact) mass is 389 g/mol. The Morgan fingerprint density at radius 1 is 1.07 bits per heavy atom. The molecule has 2 aromatic rings. The minimum atomic E-state index is -3.54. The van der Waals surface area contributed by atoms with Crippen molar-refractivity contribution in [2.75, 3.05) is 33.2 Å². The molecule has 0 unspecified atom stereocenters. The number of nitrogens with zero attached hydrogens (tertiary/aromatic N) is 2. The van der Waals surface area contributed by atoms with Crippen molar-refractivity contribution in [3.05, 3.63) is 29.0 Å². The van der Waals surface area contributed by atoms with Crippen molar-refractivity contribution in [3.63, 3.8) is 0 Å². The minimum absolute atomic E-state index is 0.0747. The first-order chi connectivity index (χ1) is 12.6. The van der Waals surface area contributed by atoms with Gasteiger partial charge in [-0.05, 0) is 43.5 Å². The standard InChI is InChI=1S/C20H27N3O3S/c1-13-9-14-15(21-16-11-20(2,3)12-17(24)19(14)16)10-18(13)27(25,26)23-7-5-22(4)6-8-23/h9-10,21H,5-8,11-12H2,1-4H3. The summed E-state index contributed by atoms with van der Waals surface area (Å²) in [6.07, 6.45) is 1.32. The zero-order valence-corrected chi connectivity index (χ0v) is 17.2. The molecule has 0 saturated carbocycles. The number of ketones is 1. The second kappa shape index (κ2) is 6.15. The quantitative estimate of drug-likeness (QED) is 0.857. The van der Waals surface area contributed by atoms with E-state index in [1.54, 1.807) is 10.4 Å². The minimum Gasteiger partial charge on any atom is -0.358 e. The number of benzene rings is 1. The summed E-state index contributed by atoms with van der Waals surface area (Å²) in [7, 11) is -1.54. The zero-order valence-electron chi connectivity index (χ0n) is 16.4. The highest BCUT2D eigenvalue weighted by molar-refractivity contribution is 7.89. The van der Waals surface area contributed by atoms with Crippen molar-refractivity contribution in [2.24, 2.45) is 5.41 Å². The van der Waals surface area contributed by atoms with Gasteiger partial charge in [-0.25, -0.2) is 8.42 Å². The number of hydrogen-bond donors (Lipinski definition) is 1. The van der Waals surface area contributed by atoms with E-state index in [1.807, 2.05) is 20.0 Å². The van der Waals surface area contributed by atoms with E-state index in [0.29, 0.717) is 30.0 Å². The smallest absolute Gasteiger partial charge is 0.243 e. The third-order valence-electron chi connectivity index (χ3n) is 5.83. The molecule has 1 fully saturated rings. The lowest BCUT2D eigenvalue weighted by molar-refractivity contribution is 0.0913. The third kappa shape index (κ3) is 3.11. The Labute approximate surface area is 160 Å². The number of aromatic nitrogens is 1. The number of fused-ring (bicyclic) bond motifs is 3. The number of nitrogens with one attached hydrogen (secondary N) is 1. The molecule has 0 radical (unpaired) electrons. The highest BCUT2D eigenvalue weighted by atomic mass is 32.2. The van der Waals surface area contributed by atoms with Gasteiger partial charge in [0.05, 0.1) is 4.90 Å². The molecule has 6 nitrogen and oxygen atoms in total. The van der Waals surface area contributed by atoms with Crippen LogP contribution < -0.4 is 0 Å². The van der Waals surface area contributed by atoms with Crippen LogP contribution in [0.4, 0.5) is 0 Å². The molecule has 1 N–H and O–H groups in total. The van der Waals surface area contributed by atoms with Gasteiger partial charge in [-0.2, -0.15) is 4.31 Å². The third-order valence-corrected chi connectivity index (χ3v) is 7.87. The van der Waals surface area contributed by atoms with Gasteiger partial charge < -0.3 is 9.88 Å². The van der Waals surface area contributed by atoms with E-state index in [4.69, 9.17) is 0 Å². The van der Waals surface area contributed by atoms with E-state index < -0.39 is 10.0 Å². The lowest BCUT2D eigenvalue weighted by Crippen LogP contribution is -2.47. The number of hydrogen-bond acceptors (Lipinski definition) is 4. The number of Topliss-reactive ketones (excluding diaryl/α,β-unsaturated/α-hetero) is 1. The molecule has 1 aromatic carbocycles. The van der Waals surface area contributed by atoms with E-state index in [-0.39, 0.29) is 11.2 Å². The van der Waals surface area contributed by atoms with E-state index in [9.17, 15) is 13.2 Å². The van der Waals surface area contributed by atoms with Crippen LogP contribution in [-0.4, -0.2) is 61.6 Å². The summed E-state index contributed by atoms with van der Waals surface area (Å²) < 4.78 is 28.0. The number of likely N-dealkylation sites (N-methyl/N-ethyl adjacent to an activating group) is 1. The van der Waals surface area contributed by atoms with Crippen molar-refractivity contribution >= 4 is 26.7 Å². The van der Waals surface area contributed by atoms with E-state index in [0.717, 1.165) is 41.7 Å². The van der Waals surface area contributed by atoms with Gasteiger partial charge in [0.1, 0.15) is 0 Å². The Morgan fingerprint density at radius 2 is 1.74 bits per heavy atom. The molecule has 146 valence electrons. The summed E-state index contributed by atoms with van der Waals surface area (Å²) in [5, 5.41) is 0.848. The van der Waals surface area contributed by atoms with Gasteiger partial charge >= 0.3 is 0 Å². The van der Waals surface area contributed by atoms with Gasteiger partial charge in [0.15, 0.2) is 5.78 Å². The molecule has 2 aliphatic rings. The SMILES string of the molecule is Cc1cc2c3c([nH]c2cc1S(=O)(=O)N1CCN(C)CC1)CC(C)(C)CC3=O. The molecule has 4 rings (SSSR count). The molecule has 1 saturated heterocycles. The fraction of sp³-hybridized carbons (Fsp3) is 0.550. The summed E-state index contributed by atoms with van der Waals surface area (Å²) in [5.41, 5.74) is 3.04. The summed E-state index contributed by atoms with van der Waals surface area (Å²) in [6, 6.07) is 3.58. The first-order valence-corrected chi connectivity index (χ1v) is 10.9. The van der Waals surface area contributed by atoms with Gasteiger partial charge in [-0.15, -0.1) is 0 Å². The Hall–Kier alpha value is -1.70. The van der Waals surface area contributed by atoms with Crippen molar-refractivity contribution in [1.29, 1.82) is 0 Å². The van der Waals surface area contributed by atoms with Crippen molar-refractivity contribution in [3.8, 4) is 0 Å². The first kappa shape index (κ1) is 18.7. The van der Waals surface area contributed by atoms with Crippen LogP contribution in [0, 0.1) is 12.3 Å². The average Bonchev–Trinajstić information content (AvgIpc) is 2.90. The maximum atomic E-state index is 13.2. The maximum Gasteiger partial charge on any atom is 0.243 e. The Balaban J connectivity index is 1.80. The largest absolute Gasteiger partial charge is 0.358 e. The molecular weight excluding hydrogens is 362 g/mol. The van der Waals surface area contributed by atoms with Crippen LogP contribution in [0.3, 0.4) is 0 Å². The van der Waals surface area contributed by atoms with Crippen LogP contribution in [0.15, 0.2) is 17.0 Å². The van der Waals surface area contributed by atoms with Crippen molar-refractivity contribution < 1.29 is 13.2 Å². The lowest BCUT2D eigenvalue weighted by Gasteiger charge is -2.31. The highest BCUT2D eigenvalue weighted by Crippen LogP contribution is 2.39. The molecule has 0 bridgehead atoms. The summed E-state index contributed by atoms with van der Waals surface area (Å²) in [5.74, 6) is 0.140.